The number of carbonyl (C=O) groups is 12. The average Bonchev–Trinajstić information content (AvgIpc) is 0.893. The van der Waals surface area contributed by atoms with Gasteiger partial charge in [-0.2, -0.15) is 0 Å². The van der Waals surface area contributed by atoms with E-state index in [9.17, 15) is 33.9 Å². The lowest BCUT2D eigenvalue weighted by Gasteiger charge is -2.38. The van der Waals surface area contributed by atoms with E-state index in [0.717, 1.165) is 24.2 Å². The van der Waals surface area contributed by atoms with Gasteiger partial charge in [0.15, 0.2) is 11.6 Å². The first-order valence-electron chi connectivity index (χ1n) is 34.6. The van der Waals surface area contributed by atoms with Gasteiger partial charge in [-0.25, -0.2) is 0 Å². The summed E-state index contributed by atoms with van der Waals surface area (Å²) in [5, 5.41) is 19.6. The number of hydrogen-bond donors (Lipinski definition) is 4. The van der Waals surface area contributed by atoms with E-state index in [4.69, 9.17) is 0 Å². The Morgan fingerprint density at radius 2 is 1.09 bits per heavy atom. The van der Waals surface area contributed by atoms with Crippen LogP contribution in [0, 0.1) is 41.4 Å². The zero-order valence-corrected chi connectivity index (χ0v) is 60.8. The van der Waals surface area contributed by atoms with Crippen LogP contribution in [0.5, 0.6) is 0 Å². The molecule has 0 unspecified atom stereocenters. The molecule has 2 aromatic carbocycles. The average molecular weight is 1340 g/mol. The first-order valence-corrected chi connectivity index (χ1v) is 34.6. The number of benzene rings is 2. The summed E-state index contributed by atoms with van der Waals surface area (Å²) in [5.41, 5.74) is 1.32. The van der Waals surface area contributed by atoms with E-state index in [1.54, 1.807) is 107 Å². The number of hydrogen-bond acceptors (Lipinski definition) is 13. The van der Waals surface area contributed by atoms with Crippen molar-refractivity contribution in [2.24, 2.45) is 41.4 Å². The predicted molar refractivity (Wildman–Crippen MR) is 368 cm³/mol. The Bertz CT molecular complexity index is 2990. The van der Waals surface area contributed by atoms with E-state index in [2.05, 4.69) is 16.0 Å². The highest BCUT2D eigenvalue weighted by molar-refractivity contribution is 6.01. The molecule has 0 saturated carbocycles. The molecule has 10 amide bonds. The minimum Gasteiger partial charge on any atom is -0.391 e. The van der Waals surface area contributed by atoms with Crippen molar-refractivity contribution < 1.29 is 62.6 Å². The van der Waals surface area contributed by atoms with Crippen LogP contribution in [-0.2, 0) is 70.4 Å². The van der Waals surface area contributed by atoms with Crippen molar-refractivity contribution >= 4 is 70.6 Å². The molecule has 4 N–H and O–H groups in total. The predicted octanol–water partition coefficient (Wildman–Crippen LogP) is 5.33. The molecule has 2 aliphatic heterocycles. The van der Waals surface area contributed by atoms with Gasteiger partial charge < -0.3 is 55.4 Å². The summed E-state index contributed by atoms with van der Waals surface area (Å²) < 4.78 is 0. The second kappa shape index (κ2) is 37.2. The number of ketones is 2. The van der Waals surface area contributed by atoms with E-state index in [1.165, 1.54) is 80.6 Å². The number of amides is 10. The van der Waals surface area contributed by atoms with Crippen molar-refractivity contribution in [3.8, 4) is 0 Å². The minimum absolute atomic E-state index is 0.00169. The van der Waals surface area contributed by atoms with Crippen molar-refractivity contribution in [2.45, 2.75) is 221 Å². The zero-order valence-electron chi connectivity index (χ0n) is 60.8. The van der Waals surface area contributed by atoms with Gasteiger partial charge in [0.2, 0.25) is 59.1 Å². The van der Waals surface area contributed by atoms with Gasteiger partial charge in [0.25, 0.3) is 0 Å². The van der Waals surface area contributed by atoms with Crippen molar-refractivity contribution in [1.29, 1.82) is 0 Å². The molecule has 0 bridgehead atoms. The van der Waals surface area contributed by atoms with Gasteiger partial charge in [0.1, 0.15) is 42.3 Å². The Balaban J connectivity index is 1.99. The number of piperidine rings is 1. The summed E-state index contributed by atoms with van der Waals surface area (Å²) in [6, 6.07) is 5.46. The molecule has 534 valence electrons. The zero-order chi connectivity index (χ0) is 72.3. The van der Waals surface area contributed by atoms with E-state index in [1.807, 2.05) is 34.6 Å². The van der Waals surface area contributed by atoms with Gasteiger partial charge in [-0.3, -0.25) is 57.5 Å². The number of likely N-dealkylation sites (N-methyl/N-ethyl adjacent to an activating group) is 6. The molecule has 4 rings (SSSR count). The highest BCUT2D eigenvalue weighted by Gasteiger charge is 2.45. The van der Waals surface area contributed by atoms with Gasteiger partial charge in [0, 0.05) is 86.5 Å². The molecule has 2 saturated heterocycles. The van der Waals surface area contributed by atoms with E-state index >= 15 is 28.8 Å². The molecule has 0 radical (unpaired) electrons. The van der Waals surface area contributed by atoms with Gasteiger partial charge >= 0.3 is 0 Å². The minimum atomic E-state index is -1.76. The molecule has 2 fully saturated rings. The third-order valence-corrected chi connectivity index (χ3v) is 19.4. The van der Waals surface area contributed by atoms with E-state index in [0.29, 0.717) is 30.6 Å². The van der Waals surface area contributed by atoms with Crippen LogP contribution in [0.3, 0.4) is 0 Å². The quantitative estimate of drug-likeness (QED) is 0.139. The monoisotopic (exact) mass is 1340 g/mol. The number of aliphatic hydroxyl groups is 1. The largest absolute Gasteiger partial charge is 0.391 e. The second-order valence-electron chi connectivity index (χ2n) is 28.7. The molecule has 23 heteroatoms. The van der Waals surface area contributed by atoms with Crippen LogP contribution in [0.4, 0.5) is 0 Å². The molecule has 2 heterocycles. The molecule has 13 atom stereocenters. The third kappa shape index (κ3) is 21.7. The normalized spacial score (nSPS) is 25.0. The maximum atomic E-state index is 15.6. The molecule has 2 aliphatic rings. The summed E-state index contributed by atoms with van der Waals surface area (Å²) in [6.07, 6.45) is 0.319. The van der Waals surface area contributed by atoms with Gasteiger partial charge in [0.05, 0.1) is 24.6 Å². The van der Waals surface area contributed by atoms with Gasteiger partial charge in [-0.1, -0.05) is 143 Å². The lowest BCUT2D eigenvalue weighted by molar-refractivity contribution is -0.152. The molecule has 0 aliphatic carbocycles. The third-order valence-electron chi connectivity index (χ3n) is 19.4. The number of nitrogens with one attached hydrogen (secondary N) is 3. The molecular weight excluding hydrogens is 1220 g/mol. The van der Waals surface area contributed by atoms with Crippen LogP contribution in [0.2, 0.25) is 0 Å². The summed E-state index contributed by atoms with van der Waals surface area (Å²) in [5.74, 6) is -12.0. The topological polar surface area (TPSA) is 284 Å². The molecule has 0 spiro atoms. The maximum absolute atomic E-state index is 15.6. The Morgan fingerprint density at radius 3 is 1.61 bits per heavy atom. The fourth-order valence-electron chi connectivity index (χ4n) is 13.0. The highest BCUT2D eigenvalue weighted by atomic mass is 16.3. The van der Waals surface area contributed by atoms with Crippen molar-refractivity contribution in [2.75, 3.05) is 55.4 Å². The summed E-state index contributed by atoms with van der Waals surface area (Å²) in [7, 11) is 8.41. The second-order valence-corrected chi connectivity index (χ2v) is 28.7. The van der Waals surface area contributed by atoms with Crippen LogP contribution in [0.15, 0.2) is 60.7 Å². The van der Waals surface area contributed by atoms with Crippen LogP contribution in [0.25, 0.3) is 0 Å². The molecule has 96 heavy (non-hydrogen) atoms. The fourth-order valence-corrected chi connectivity index (χ4v) is 13.0. The Labute approximate surface area is 570 Å². The first-order chi connectivity index (χ1) is 45.0. The number of aliphatic hydroxyl groups excluding tert-OH is 1. The van der Waals surface area contributed by atoms with E-state index < -0.39 is 161 Å². The maximum Gasteiger partial charge on any atom is 0.248 e. The van der Waals surface area contributed by atoms with Crippen LogP contribution in [-0.4, -0.2) is 226 Å². The summed E-state index contributed by atoms with van der Waals surface area (Å²) in [4.78, 5) is 189. The number of Topliss-reactive ketones (excluding diaryl/α,β-unsaturated/α-hetero) is 2. The van der Waals surface area contributed by atoms with E-state index in [-0.39, 0.29) is 56.3 Å². The summed E-state index contributed by atoms with van der Waals surface area (Å²) in [6.45, 7) is 23.4. The Hall–Kier alpha value is -7.56. The fraction of sp³-hybridized carbons (Fsp3) is 0.671. The van der Waals surface area contributed by atoms with Crippen LogP contribution >= 0.6 is 0 Å². The van der Waals surface area contributed by atoms with Gasteiger partial charge in [-0.05, 0) is 93.1 Å². The smallest absolute Gasteiger partial charge is 0.248 e. The standard InChI is InChI=1S/C73H114N10O13/c1-20-47(10)53-41-60(86)55(36-43(2)3)78(15)68(91)49(12)77(14)73(96)63(50(13)84)76-65(88)57(37-44(4)5)80(17)71(94)58(40-52-32-26-22-27-33-52)81(18)72(95)62(45(6)7)75-61(87)42-54(74-66(89)64(46(8)9)82(19)69(53)92)70(93)79(16)56(39-51-30-24-21-25-31-51)59(85)38-48(11)67(90)83-34-28-23-29-35-83/h21-22,24-27,30-33,43-50,53-58,62-64,84H,20,23,28-29,34-42H2,1-19H3,(H,74,89)(H,75,87)(H,76,88)/t47-,48+,49-,50+,53-,54-,55-,56-,57-,58-,62+,63-,64-/m0/s1. The van der Waals surface area contributed by atoms with Crippen molar-refractivity contribution in [3.05, 3.63) is 71.8 Å². The molecule has 23 nitrogen and oxygen atoms in total. The first kappa shape index (κ1) is 80.9. The highest BCUT2D eigenvalue weighted by Crippen LogP contribution is 2.29. The number of rotatable bonds is 19. The Kier molecular flexibility index (Phi) is 31.4. The van der Waals surface area contributed by atoms with Crippen molar-refractivity contribution in [1.82, 2.24) is 50.2 Å². The molecule has 0 aromatic heterocycles. The lowest BCUT2D eigenvalue weighted by atomic mass is 9.83. The van der Waals surface area contributed by atoms with Crippen LogP contribution in [0.1, 0.15) is 159 Å². The SMILES string of the molecule is CC[C@H](C)[C@@H]1CC(=O)[C@H](CC(C)C)N(C)C(=O)[C@H](C)N(C)C(=O)[C@H]([C@@H](C)O)NC(=O)[C@H](CC(C)C)N(C)C(=O)[C@H](Cc2ccccc2)N(C)C(=O)[C@@H](C(C)C)NC(=O)C[C@@H](C(=O)N(C)[C@@H](Cc2ccccc2)C(=O)C[C@@H](C)C(=O)N2CCCCC2)NC(=O)[C@H](C(C)C)N(C)C1=O. The molecular formula is C73H114N10O13. The number of likely N-dealkylation sites (tertiary alicyclic amines) is 1. The summed E-state index contributed by atoms with van der Waals surface area (Å²) >= 11 is 0. The lowest BCUT2D eigenvalue weighted by Crippen LogP contribution is -2.62. The van der Waals surface area contributed by atoms with Crippen molar-refractivity contribution in [3.63, 3.8) is 0 Å². The van der Waals surface area contributed by atoms with Crippen LogP contribution < -0.4 is 16.0 Å². The number of carbonyl (C=O) groups excluding carboxylic acids is 12. The Morgan fingerprint density at radius 1 is 0.573 bits per heavy atom. The number of nitrogens with zero attached hydrogens (tertiary/aromatic N) is 7. The van der Waals surface area contributed by atoms with Gasteiger partial charge in [-0.15, -0.1) is 0 Å². The molecule has 2 aromatic rings.